The van der Waals surface area contributed by atoms with Gasteiger partial charge in [-0.3, -0.25) is 9.59 Å². The molecule has 0 bridgehead atoms. The number of amides is 2. The molecule has 2 amide bonds. The molecule has 0 aromatic heterocycles. The Morgan fingerprint density at radius 3 is 1.40 bits per heavy atom. The number of hydrogen-bond acceptors (Lipinski definition) is 2. The van der Waals surface area contributed by atoms with E-state index in [2.05, 4.69) is 34.9 Å². The first kappa shape index (κ1) is 15.9. The summed E-state index contributed by atoms with van der Waals surface area (Å²) in [7, 11) is 0. The lowest BCUT2D eigenvalue weighted by molar-refractivity contribution is -0.136. The molecule has 2 saturated heterocycles. The van der Waals surface area contributed by atoms with E-state index in [1.807, 2.05) is 36.4 Å². The molecule has 2 aliphatic heterocycles. The average molecular weight is 334 g/mol. The molecule has 0 radical (unpaired) electrons. The van der Waals surface area contributed by atoms with Gasteiger partial charge in [-0.2, -0.15) is 0 Å². The summed E-state index contributed by atoms with van der Waals surface area (Å²) in [6.45, 7) is 0. The second kappa shape index (κ2) is 6.71. The van der Waals surface area contributed by atoms with E-state index in [0.717, 1.165) is 30.4 Å². The van der Waals surface area contributed by atoms with E-state index in [1.165, 1.54) is 0 Å². The molecular formula is C21H22N2O2. The maximum atomic E-state index is 11.9. The molecule has 2 N–H and O–H groups in total. The zero-order valence-corrected chi connectivity index (χ0v) is 14.0. The molecule has 2 aliphatic rings. The molecule has 2 fully saturated rings. The van der Waals surface area contributed by atoms with Crippen LogP contribution in [-0.4, -0.2) is 11.8 Å². The maximum absolute atomic E-state index is 11.9. The Labute approximate surface area is 147 Å². The molecule has 2 unspecified atom stereocenters. The van der Waals surface area contributed by atoms with Crippen molar-refractivity contribution in [1.29, 1.82) is 0 Å². The predicted octanol–water partition coefficient (Wildman–Crippen LogP) is 3.13. The lowest BCUT2D eigenvalue weighted by Gasteiger charge is -2.39. The zero-order chi connectivity index (χ0) is 17.2. The standard InChI is InChI=1S/C21H22N2O2/c24-20-16(18(22-20)14-8-3-1-4-9-14)12-7-13-17-19(23-21(17)25)15-10-5-2-6-11-15/h1-6,8-11,16-19H,7,12-13H2,(H,22,24)(H,23,25)/t16?,17?,18-,19-/m0/s1. The van der Waals surface area contributed by atoms with Crippen LogP contribution in [0.15, 0.2) is 60.7 Å². The van der Waals surface area contributed by atoms with Gasteiger partial charge in [0.1, 0.15) is 0 Å². The Morgan fingerprint density at radius 1 is 0.640 bits per heavy atom. The van der Waals surface area contributed by atoms with Gasteiger partial charge in [0.25, 0.3) is 0 Å². The van der Waals surface area contributed by atoms with Gasteiger partial charge in [-0.25, -0.2) is 0 Å². The summed E-state index contributed by atoms with van der Waals surface area (Å²) >= 11 is 0. The van der Waals surface area contributed by atoms with Gasteiger partial charge in [0.15, 0.2) is 0 Å². The van der Waals surface area contributed by atoms with E-state index in [-0.39, 0.29) is 35.7 Å². The SMILES string of the molecule is O=C1N[C@@H](c2ccccc2)C1CCCC1C(=O)N[C@H]1c1ccccc1. The second-order valence-corrected chi connectivity index (χ2v) is 6.94. The first-order valence-corrected chi connectivity index (χ1v) is 8.94. The Hall–Kier alpha value is -2.62. The molecule has 25 heavy (non-hydrogen) atoms. The lowest BCUT2D eigenvalue weighted by atomic mass is 9.78. The zero-order valence-electron chi connectivity index (χ0n) is 14.0. The quantitative estimate of drug-likeness (QED) is 0.798. The van der Waals surface area contributed by atoms with Crippen LogP contribution in [0.1, 0.15) is 42.5 Å². The normalized spacial score (nSPS) is 27.7. The van der Waals surface area contributed by atoms with E-state index in [9.17, 15) is 9.59 Å². The van der Waals surface area contributed by atoms with Crippen LogP contribution in [0.25, 0.3) is 0 Å². The van der Waals surface area contributed by atoms with Crippen LogP contribution < -0.4 is 10.6 Å². The van der Waals surface area contributed by atoms with Crippen molar-refractivity contribution in [3.63, 3.8) is 0 Å². The summed E-state index contributed by atoms with van der Waals surface area (Å²) in [6.07, 6.45) is 2.55. The Kier molecular flexibility index (Phi) is 4.26. The third-order valence-corrected chi connectivity index (χ3v) is 5.42. The first-order valence-electron chi connectivity index (χ1n) is 8.94. The predicted molar refractivity (Wildman–Crippen MR) is 95.5 cm³/mol. The summed E-state index contributed by atoms with van der Waals surface area (Å²) in [5.74, 6) is 0.319. The van der Waals surface area contributed by atoms with Crippen LogP contribution >= 0.6 is 0 Å². The van der Waals surface area contributed by atoms with Crippen molar-refractivity contribution < 1.29 is 9.59 Å². The van der Waals surface area contributed by atoms with E-state index in [1.54, 1.807) is 0 Å². The molecule has 0 aliphatic carbocycles. The molecule has 4 heteroatoms. The fraction of sp³-hybridized carbons (Fsp3) is 0.333. The van der Waals surface area contributed by atoms with Gasteiger partial charge in [0.2, 0.25) is 11.8 Å². The minimum absolute atomic E-state index is 0.0284. The van der Waals surface area contributed by atoms with Gasteiger partial charge in [-0.1, -0.05) is 67.1 Å². The Balaban J connectivity index is 1.33. The lowest BCUT2D eigenvalue weighted by Crippen LogP contribution is -2.52. The largest absolute Gasteiger partial charge is 0.348 e. The van der Waals surface area contributed by atoms with Gasteiger partial charge < -0.3 is 10.6 Å². The van der Waals surface area contributed by atoms with Crippen molar-refractivity contribution in [1.82, 2.24) is 10.6 Å². The summed E-state index contributed by atoms with van der Waals surface area (Å²) in [5.41, 5.74) is 2.33. The van der Waals surface area contributed by atoms with Crippen LogP contribution in [0.3, 0.4) is 0 Å². The monoisotopic (exact) mass is 334 g/mol. The summed E-state index contributed by atoms with van der Waals surface area (Å²) in [5, 5.41) is 6.00. The van der Waals surface area contributed by atoms with Gasteiger partial charge in [0, 0.05) is 0 Å². The molecule has 2 aromatic rings. The number of hydrogen-bond donors (Lipinski definition) is 2. The minimum atomic E-state index is 0.0284. The summed E-state index contributed by atoms with van der Waals surface area (Å²) in [4.78, 5) is 23.9. The maximum Gasteiger partial charge on any atom is 0.226 e. The summed E-state index contributed by atoms with van der Waals surface area (Å²) < 4.78 is 0. The van der Waals surface area contributed by atoms with E-state index < -0.39 is 0 Å². The van der Waals surface area contributed by atoms with Crippen molar-refractivity contribution in [3.05, 3.63) is 71.8 Å². The van der Waals surface area contributed by atoms with Gasteiger partial charge in [0.05, 0.1) is 23.9 Å². The van der Waals surface area contributed by atoms with Gasteiger partial charge in [-0.15, -0.1) is 0 Å². The number of carbonyl (C=O) groups is 2. The molecular weight excluding hydrogens is 312 g/mol. The molecule has 4 nitrogen and oxygen atoms in total. The van der Waals surface area contributed by atoms with Crippen molar-refractivity contribution >= 4 is 11.8 Å². The minimum Gasteiger partial charge on any atom is -0.348 e. The molecule has 4 atom stereocenters. The molecule has 2 heterocycles. The number of benzene rings is 2. The van der Waals surface area contributed by atoms with Gasteiger partial charge >= 0.3 is 0 Å². The van der Waals surface area contributed by atoms with E-state index in [0.29, 0.717) is 0 Å². The van der Waals surface area contributed by atoms with Gasteiger partial charge in [-0.05, 0) is 24.0 Å². The van der Waals surface area contributed by atoms with Crippen molar-refractivity contribution in [2.24, 2.45) is 11.8 Å². The van der Waals surface area contributed by atoms with Crippen LogP contribution in [0.4, 0.5) is 0 Å². The van der Waals surface area contributed by atoms with Crippen LogP contribution in [-0.2, 0) is 9.59 Å². The number of nitrogens with one attached hydrogen (secondary N) is 2. The molecule has 0 saturated carbocycles. The number of carbonyl (C=O) groups excluding carboxylic acids is 2. The highest BCUT2D eigenvalue weighted by molar-refractivity contribution is 5.87. The number of rotatable bonds is 6. The number of β-lactam (4-membered cyclic amide) rings is 2. The van der Waals surface area contributed by atoms with Crippen molar-refractivity contribution in [2.45, 2.75) is 31.3 Å². The van der Waals surface area contributed by atoms with Crippen LogP contribution in [0.2, 0.25) is 0 Å². The fourth-order valence-electron chi connectivity index (χ4n) is 3.94. The third-order valence-electron chi connectivity index (χ3n) is 5.42. The highest BCUT2D eigenvalue weighted by atomic mass is 16.2. The molecule has 128 valence electrons. The molecule has 0 spiro atoms. The average Bonchev–Trinajstić information content (AvgIpc) is 2.65. The van der Waals surface area contributed by atoms with Crippen molar-refractivity contribution in [3.8, 4) is 0 Å². The third kappa shape index (κ3) is 3.04. The first-order chi connectivity index (χ1) is 12.2. The highest BCUT2D eigenvalue weighted by Crippen LogP contribution is 2.37. The topological polar surface area (TPSA) is 58.2 Å². The highest BCUT2D eigenvalue weighted by Gasteiger charge is 2.42. The Morgan fingerprint density at radius 2 is 1.04 bits per heavy atom. The Bertz CT molecular complexity index is 694. The van der Waals surface area contributed by atoms with Crippen LogP contribution in [0.5, 0.6) is 0 Å². The smallest absolute Gasteiger partial charge is 0.226 e. The molecule has 4 rings (SSSR count). The molecule has 2 aromatic carbocycles. The fourth-order valence-corrected chi connectivity index (χ4v) is 3.94. The van der Waals surface area contributed by atoms with Crippen LogP contribution in [0, 0.1) is 11.8 Å². The summed E-state index contributed by atoms with van der Waals surface area (Å²) in [6, 6.07) is 20.4. The van der Waals surface area contributed by atoms with E-state index in [4.69, 9.17) is 0 Å². The van der Waals surface area contributed by atoms with E-state index >= 15 is 0 Å². The van der Waals surface area contributed by atoms with Crippen molar-refractivity contribution in [2.75, 3.05) is 0 Å². The second-order valence-electron chi connectivity index (χ2n) is 6.94.